The SMILES string of the molecule is CCOc1ccc(OCCNC(=O)Nc2ccc(F)cc2)cc1. The molecule has 2 aromatic rings. The van der Waals surface area contributed by atoms with Gasteiger partial charge in [-0.3, -0.25) is 0 Å². The molecule has 2 rings (SSSR count). The van der Waals surface area contributed by atoms with Gasteiger partial charge in [0.15, 0.2) is 0 Å². The molecule has 0 aliphatic carbocycles. The van der Waals surface area contributed by atoms with Crippen LogP contribution >= 0.6 is 0 Å². The van der Waals surface area contributed by atoms with Gasteiger partial charge in [0.25, 0.3) is 0 Å². The summed E-state index contributed by atoms with van der Waals surface area (Å²) < 4.78 is 23.6. The van der Waals surface area contributed by atoms with Gasteiger partial charge in [-0.1, -0.05) is 0 Å². The van der Waals surface area contributed by atoms with Gasteiger partial charge in [0, 0.05) is 5.69 Å². The molecule has 5 nitrogen and oxygen atoms in total. The maximum Gasteiger partial charge on any atom is 0.319 e. The first-order valence-corrected chi connectivity index (χ1v) is 7.33. The van der Waals surface area contributed by atoms with E-state index in [9.17, 15) is 9.18 Å². The fraction of sp³-hybridized carbons (Fsp3) is 0.235. The summed E-state index contributed by atoms with van der Waals surface area (Å²) in [4.78, 5) is 11.6. The Bertz CT molecular complexity index is 615. The van der Waals surface area contributed by atoms with E-state index in [0.717, 1.165) is 5.75 Å². The zero-order valence-electron chi connectivity index (χ0n) is 12.8. The Morgan fingerprint density at radius 3 is 2.22 bits per heavy atom. The number of halogens is 1. The fourth-order valence-corrected chi connectivity index (χ4v) is 1.84. The fourth-order valence-electron chi connectivity index (χ4n) is 1.84. The van der Waals surface area contributed by atoms with E-state index in [2.05, 4.69) is 10.6 Å². The number of urea groups is 1. The molecule has 2 aromatic carbocycles. The number of rotatable bonds is 7. The van der Waals surface area contributed by atoms with Crippen LogP contribution in [0.25, 0.3) is 0 Å². The van der Waals surface area contributed by atoms with Crippen LogP contribution in [0.15, 0.2) is 48.5 Å². The molecular weight excluding hydrogens is 299 g/mol. The zero-order valence-corrected chi connectivity index (χ0v) is 12.8. The number of hydrogen-bond donors (Lipinski definition) is 2. The highest BCUT2D eigenvalue weighted by Gasteiger charge is 2.01. The minimum Gasteiger partial charge on any atom is -0.494 e. The minimum atomic E-state index is -0.369. The third-order valence-electron chi connectivity index (χ3n) is 2.89. The number of anilines is 1. The van der Waals surface area contributed by atoms with Gasteiger partial charge < -0.3 is 20.1 Å². The summed E-state index contributed by atoms with van der Waals surface area (Å²) in [7, 11) is 0. The molecule has 23 heavy (non-hydrogen) atoms. The topological polar surface area (TPSA) is 59.6 Å². The number of nitrogens with one attached hydrogen (secondary N) is 2. The molecule has 0 aliphatic heterocycles. The van der Waals surface area contributed by atoms with Crippen molar-refractivity contribution in [3.63, 3.8) is 0 Å². The highest BCUT2D eigenvalue weighted by molar-refractivity contribution is 5.89. The molecule has 2 N–H and O–H groups in total. The molecule has 0 saturated heterocycles. The summed E-state index contributed by atoms with van der Waals surface area (Å²) in [5, 5.41) is 5.25. The highest BCUT2D eigenvalue weighted by Crippen LogP contribution is 2.17. The average Bonchev–Trinajstić information content (AvgIpc) is 2.55. The molecule has 2 amide bonds. The van der Waals surface area contributed by atoms with Crippen LogP contribution in [0.4, 0.5) is 14.9 Å². The minimum absolute atomic E-state index is 0.338. The molecular formula is C17H19FN2O3. The lowest BCUT2D eigenvalue weighted by atomic mass is 10.3. The quantitative estimate of drug-likeness (QED) is 0.769. The van der Waals surface area contributed by atoms with Crippen molar-refractivity contribution in [1.29, 1.82) is 0 Å². The van der Waals surface area contributed by atoms with Crippen LogP contribution in [0.1, 0.15) is 6.92 Å². The van der Waals surface area contributed by atoms with E-state index in [4.69, 9.17) is 9.47 Å². The summed E-state index contributed by atoms with van der Waals surface area (Å²) in [6.07, 6.45) is 0. The maximum absolute atomic E-state index is 12.7. The second kappa shape index (κ2) is 8.63. The predicted octanol–water partition coefficient (Wildman–Crippen LogP) is 3.42. The van der Waals surface area contributed by atoms with Crippen molar-refractivity contribution >= 4 is 11.7 Å². The Morgan fingerprint density at radius 2 is 1.61 bits per heavy atom. The van der Waals surface area contributed by atoms with Crippen molar-refractivity contribution < 1.29 is 18.7 Å². The van der Waals surface area contributed by atoms with E-state index in [1.807, 2.05) is 31.2 Å². The first kappa shape index (κ1) is 16.6. The summed E-state index contributed by atoms with van der Waals surface area (Å²) in [6.45, 7) is 3.23. The van der Waals surface area contributed by atoms with Gasteiger partial charge >= 0.3 is 6.03 Å². The van der Waals surface area contributed by atoms with Gasteiger partial charge in [-0.25, -0.2) is 9.18 Å². The molecule has 122 valence electrons. The first-order valence-electron chi connectivity index (χ1n) is 7.33. The maximum atomic E-state index is 12.7. The summed E-state index contributed by atoms with van der Waals surface area (Å²) in [5.41, 5.74) is 0.524. The van der Waals surface area contributed by atoms with Gasteiger partial charge in [-0.15, -0.1) is 0 Å². The molecule has 0 bridgehead atoms. The van der Waals surface area contributed by atoms with Crippen LogP contribution in [0.5, 0.6) is 11.5 Å². The number of hydrogen-bond acceptors (Lipinski definition) is 3. The van der Waals surface area contributed by atoms with Crippen LogP contribution in [0.2, 0.25) is 0 Å². The lowest BCUT2D eigenvalue weighted by Crippen LogP contribution is -2.32. The monoisotopic (exact) mass is 318 g/mol. The van der Waals surface area contributed by atoms with Gasteiger partial charge in [-0.2, -0.15) is 0 Å². The van der Waals surface area contributed by atoms with E-state index in [1.54, 1.807) is 0 Å². The number of benzene rings is 2. The van der Waals surface area contributed by atoms with Crippen molar-refractivity contribution in [3.8, 4) is 11.5 Å². The Kier molecular flexibility index (Phi) is 6.23. The smallest absolute Gasteiger partial charge is 0.319 e. The Balaban J connectivity index is 1.66. The van der Waals surface area contributed by atoms with Crippen LogP contribution in [-0.4, -0.2) is 25.8 Å². The second-order valence-electron chi connectivity index (χ2n) is 4.64. The van der Waals surface area contributed by atoms with Gasteiger partial charge in [0.1, 0.15) is 23.9 Å². The van der Waals surface area contributed by atoms with Crippen molar-refractivity contribution in [2.45, 2.75) is 6.92 Å². The van der Waals surface area contributed by atoms with Gasteiger partial charge in [0.05, 0.1) is 13.2 Å². The number of amides is 2. The lowest BCUT2D eigenvalue weighted by molar-refractivity contribution is 0.247. The molecule has 0 fully saturated rings. The van der Waals surface area contributed by atoms with Gasteiger partial charge in [0.2, 0.25) is 0 Å². The molecule has 0 heterocycles. The molecule has 6 heteroatoms. The van der Waals surface area contributed by atoms with Crippen LogP contribution in [-0.2, 0) is 0 Å². The van der Waals surface area contributed by atoms with Crippen molar-refractivity contribution in [2.24, 2.45) is 0 Å². The normalized spacial score (nSPS) is 10.0. The second-order valence-corrected chi connectivity index (χ2v) is 4.64. The summed E-state index contributed by atoms with van der Waals surface area (Å²) >= 11 is 0. The molecule has 0 unspecified atom stereocenters. The predicted molar refractivity (Wildman–Crippen MR) is 86.5 cm³/mol. The molecule has 0 aliphatic rings. The zero-order chi connectivity index (χ0) is 16.5. The van der Waals surface area contributed by atoms with Crippen molar-refractivity contribution in [1.82, 2.24) is 5.32 Å². The Labute approximate surface area is 134 Å². The van der Waals surface area contributed by atoms with Crippen molar-refractivity contribution in [3.05, 3.63) is 54.3 Å². The first-order chi connectivity index (χ1) is 11.2. The lowest BCUT2D eigenvalue weighted by Gasteiger charge is -2.09. The van der Waals surface area contributed by atoms with Crippen LogP contribution in [0, 0.1) is 5.82 Å². The van der Waals surface area contributed by atoms with Gasteiger partial charge in [-0.05, 0) is 55.5 Å². The number of carbonyl (C=O) groups excluding carboxylic acids is 1. The number of ether oxygens (including phenoxy) is 2. The highest BCUT2D eigenvalue weighted by atomic mass is 19.1. The third-order valence-corrected chi connectivity index (χ3v) is 2.89. The van der Waals surface area contributed by atoms with E-state index in [-0.39, 0.29) is 11.8 Å². The van der Waals surface area contributed by atoms with Crippen molar-refractivity contribution in [2.75, 3.05) is 25.1 Å². The van der Waals surface area contributed by atoms with E-state index >= 15 is 0 Å². The average molecular weight is 318 g/mol. The summed E-state index contributed by atoms with van der Waals surface area (Å²) in [5.74, 6) is 1.14. The Morgan fingerprint density at radius 1 is 1.00 bits per heavy atom. The summed E-state index contributed by atoms with van der Waals surface area (Å²) in [6, 6.07) is 12.5. The van der Waals surface area contributed by atoms with Crippen LogP contribution in [0.3, 0.4) is 0 Å². The molecule has 0 atom stereocenters. The van der Waals surface area contributed by atoms with Crippen LogP contribution < -0.4 is 20.1 Å². The van der Waals surface area contributed by atoms with E-state index in [0.29, 0.717) is 31.2 Å². The van der Waals surface area contributed by atoms with E-state index in [1.165, 1.54) is 24.3 Å². The van der Waals surface area contributed by atoms with E-state index < -0.39 is 0 Å². The Hall–Kier alpha value is -2.76. The molecule has 0 aromatic heterocycles. The molecule has 0 spiro atoms. The third kappa shape index (κ3) is 5.86. The largest absolute Gasteiger partial charge is 0.494 e. The standard InChI is InChI=1S/C17H19FN2O3/c1-2-22-15-7-9-16(10-8-15)23-12-11-19-17(21)20-14-5-3-13(18)4-6-14/h3-10H,2,11-12H2,1H3,(H2,19,20,21). The molecule has 0 saturated carbocycles. The number of carbonyl (C=O) groups is 1. The molecule has 0 radical (unpaired) electrons.